The molecule has 0 spiro atoms. The van der Waals surface area contributed by atoms with E-state index in [0.717, 1.165) is 4.90 Å². The third kappa shape index (κ3) is 6.67. The van der Waals surface area contributed by atoms with Gasteiger partial charge in [0, 0.05) is 10.3 Å². The van der Waals surface area contributed by atoms with Crippen LogP contribution in [0.4, 0.5) is 0 Å². The van der Waals surface area contributed by atoms with E-state index in [9.17, 15) is 4.79 Å². The highest BCUT2D eigenvalue weighted by molar-refractivity contribution is 8.02. The molecule has 90 valence electrons. The molecule has 1 rings (SSSR count). The summed E-state index contributed by atoms with van der Waals surface area (Å²) in [6.45, 7) is 5.50. The van der Waals surface area contributed by atoms with Crippen LogP contribution in [0.3, 0.4) is 0 Å². The van der Waals surface area contributed by atoms with E-state index in [1.807, 2.05) is 51.1 Å². The number of carbonyl (C=O) groups excluding carboxylic acids is 1. The molecule has 0 radical (unpaired) electrons. The molecule has 17 heavy (non-hydrogen) atoms. The number of esters is 1. The summed E-state index contributed by atoms with van der Waals surface area (Å²) in [7, 11) is 0. The number of thioether (sulfide) groups is 1. The Bertz CT molecular complexity index is 423. The summed E-state index contributed by atoms with van der Waals surface area (Å²) >= 11 is 1.51. The normalized spacial score (nSPS) is 10.3. The van der Waals surface area contributed by atoms with Gasteiger partial charge in [-0.25, -0.2) is 4.79 Å². The van der Waals surface area contributed by atoms with Crippen LogP contribution < -0.4 is 0 Å². The topological polar surface area (TPSA) is 26.3 Å². The van der Waals surface area contributed by atoms with Crippen molar-refractivity contribution in [3.05, 3.63) is 47.5 Å². The quantitative estimate of drug-likeness (QED) is 0.352. The number of carbonyl (C=O) groups is 1. The molecule has 2 nitrogen and oxygen atoms in total. The highest BCUT2D eigenvalue weighted by atomic mass is 32.2. The predicted molar refractivity (Wildman–Crippen MR) is 70.8 cm³/mol. The summed E-state index contributed by atoms with van der Waals surface area (Å²) in [5.74, 6) is -0.373. The molecule has 0 bridgehead atoms. The van der Waals surface area contributed by atoms with Gasteiger partial charge in [-0.1, -0.05) is 30.0 Å². The summed E-state index contributed by atoms with van der Waals surface area (Å²) in [5.41, 5.74) is 2.34. The summed E-state index contributed by atoms with van der Waals surface area (Å²) in [5, 5.41) is 1.74. The van der Waals surface area contributed by atoms with Crippen LogP contribution in [0.5, 0.6) is 0 Å². The highest BCUT2D eigenvalue weighted by Crippen LogP contribution is 2.17. The van der Waals surface area contributed by atoms with Crippen molar-refractivity contribution in [3.63, 3.8) is 0 Å². The lowest BCUT2D eigenvalue weighted by Crippen LogP contribution is -2.22. The Morgan fingerprint density at radius 2 is 1.94 bits per heavy atom. The van der Waals surface area contributed by atoms with Gasteiger partial charge in [0.1, 0.15) is 5.60 Å². The zero-order chi connectivity index (χ0) is 12.7. The van der Waals surface area contributed by atoms with Gasteiger partial charge in [0.2, 0.25) is 0 Å². The number of hydrogen-bond donors (Lipinski definition) is 0. The summed E-state index contributed by atoms with van der Waals surface area (Å²) in [6, 6.07) is 9.89. The van der Waals surface area contributed by atoms with Crippen molar-refractivity contribution in [2.24, 2.45) is 0 Å². The second-order valence-corrected chi connectivity index (χ2v) is 5.34. The number of hydrogen-bond acceptors (Lipinski definition) is 3. The molecule has 0 saturated heterocycles. The Morgan fingerprint density at radius 1 is 1.29 bits per heavy atom. The fourth-order valence-electron chi connectivity index (χ4n) is 1.03. The van der Waals surface area contributed by atoms with Gasteiger partial charge in [0.15, 0.2) is 0 Å². The zero-order valence-corrected chi connectivity index (χ0v) is 11.1. The van der Waals surface area contributed by atoms with Crippen LogP contribution in [0.25, 0.3) is 0 Å². The molecule has 0 aliphatic rings. The minimum atomic E-state index is -0.457. The first-order valence-electron chi connectivity index (χ1n) is 5.33. The minimum absolute atomic E-state index is 0.373. The fraction of sp³-hybridized carbons (Fsp3) is 0.286. The second-order valence-electron chi connectivity index (χ2n) is 4.39. The van der Waals surface area contributed by atoms with Crippen LogP contribution in [0.1, 0.15) is 20.8 Å². The zero-order valence-electron chi connectivity index (χ0n) is 10.3. The molecule has 0 aliphatic heterocycles. The van der Waals surface area contributed by atoms with Crippen LogP contribution in [-0.4, -0.2) is 11.6 Å². The van der Waals surface area contributed by atoms with Gasteiger partial charge in [-0.15, -0.1) is 5.73 Å². The molecule has 1 aromatic rings. The van der Waals surface area contributed by atoms with E-state index in [1.165, 1.54) is 17.8 Å². The van der Waals surface area contributed by atoms with E-state index >= 15 is 0 Å². The molecule has 1 aromatic carbocycles. The van der Waals surface area contributed by atoms with Crippen molar-refractivity contribution in [2.45, 2.75) is 31.3 Å². The van der Waals surface area contributed by atoms with Crippen LogP contribution in [0.2, 0.25) is 0 Å². The largest absolute Gasteiger partial charge is 0.456 e. The van der Waals surface area contributed by atoms with Gasteiger partial charge in [0.25, 0.3) is 0 Å². The summed E-state index contributed by atoms with van der Waals surface area (Å²) < 4.78 is 5.10. The molecule has 0 fully saturated rings. The first-order chi connectivity index (χ1) is 7.97. The highest BCUT2D eigenvalue weighted by Gasteiger charge is 2.13. The van der Waals surface area contributed by atoms with Gasteiger partial charge in [-0.2, -0.15) is 0 Å². The molecule has 0 atom stereocenters. The number of rotatable bonds is 3. The van der Waals surface area contributed by atoms with E-state index in [2.05, 4.69) is 5.73 Å². The molecule has 0 aliphatic carbocycles. The SMILES string of the molecule is CC(C)(C)OC(=O)C=C=CSc1ccccc1. The van der Waals surface area contributed by atoms with Crippen LogP contribution >= 0.6 is 11.8 Å². The van der Waals surface area contributed by atoms with Crippen molar-refractivity contribution in [1.29, 1.82) is 0 Å². The smallest absolute Gasteiger partial charge is 0.339 e. The summed E-state index contributed by atoms with van der Waals surface area (Å²) in [6.07, 6.45) is 1.31. The molecule has 0 N–H and O–H groups in total. The lowest BCUT2D eigenvalue weighted by atomic mass is 10.2. The third-order valence-electron chi connectivity index (χ3n) is 1.61. The summed E-state index contributed by atoms with van der Waals surface area (Å²) in [4.78, 5) is 12.4. The molecule has 3 heteroatoms. The standard InChI is InChI=1S/C14H16O2S/c1-14(2,3)16-13(15)10-7-11-17-12-8-5-4-6-9-12/h4-6,8-11H,1-3H3. The van der Waals surface area contributed by atoms with Crippen LogP contribution in [0, 0.1) is 0 Å². The Balaban J connectivity index is 2.46. The van der Waals surface area contributed by atoms with Crippen molar-refractivity contribution in [1.82, 2.24) is 0 Å². The molecule has 0 amide bonds. The minimum Gasteiger partial charge on any atom is -0.456 e. The fourth-order valence-corrected chi connectivity index (χ4v) is 1.62. The molecule has 0 aromatic heterocycles. The molecular formula is C14H16O2S. The lowest BCUT2D eigenvalue weighted by molar-refractivity contribution is -0.148. The van der Waals surface area contributed by atoms with Crippen molar-refractivity contribution in [3.8, 4) is 0 Å². The second kappa shape index (κ2) is 6.33. The molecule has 0 saturated carbocycles. The van der Waals surface area contributed by atoms with E-state index in [4.69, 9.17) is 4.74 Å². The van der Waals surface area contributed by atoms with Crippen molar-refractivity contribution < 1.29 is 9.53 Å². The average molecular weight is 248 g/mol. The maximum Gasteiger partial charge on any atom is 0.339 e. The van der Waals surface area contributed by atoms with Gasteiger partial charge < -0.3 is 4.74 Å². The Kier molecular flexibility index (Phi) is 5.08. The molecule has 0 unspecified atom stereocenters. The van der Waals surface area contributed by atoms with Gasteiger partial charge in [0.05, 0.1) is 6.08 Å². The predicted octanol–water partition coefficient (Wildman–Crippen LogP) is 3.79. The van der Waals surface area contributed by atoms with Crippen LogP contribution in [-0.2, 0) is 9.53 Å². The van der Waals surface area contributed by atoms with Gasteiger partial charge in [-0.3, -0.25) is 0 Å². The number of ether oxygens (including phenoxy) is 1. The maximum absolute atomic E-state index is 11.3. The molecule has 0 heterocycles. The Labute approximate surface area is 106 Å². The van der Waals surface area contributed by atoms with Crippen molar-refractivity contribution >= 4 is 17.7 Å². The third-order valence-corrected chi connectivity index (χ3v) is 2.41. The monoisotopic (exact) mass is 248 g/mol. The average Bonchev–Trinajstić information content (AvgIpc) is 2.23. The van der Waals surface area contributed by atoms with E-state index in [1.54, 1.807) is 5.41 Å². The maximum atomic E-state index is 11.3. The van der Waals surface area contributed by atoms with E-state index in [0.29, 0.717) is 0 Å². The van der Waals surface area contributed by atoms with Crippen molar-refractivity contribution in [2.75, 3.05) is 0 Å². The Hall–Kier alpha value is -1.44. The number of benzene rings is 1. The van der Waals surface area contributed by atoms with Crippen LogP contribution in [0.15, 0.2) is 52.4 Å². The molecular weight excluding hydrogens is 232 g/mol. The lowest BCUT2D eigenvalue weighted by Gasteiger charge is -2.17. The van der Waals surface area contributed by atoms with Gasteiger partial charge >= 0.3 is 5.97 Å². The van der Waals surface area contributed by atoms with Gasteiger partial charge in [-0.05, 0) is 32.9 Å². The Morgan fingerprint density at radius 3 is 2.53 bits per heavy atom. The van der Waals surface area contributed by atoms with E-state index in [-0.39, 0.29) is 5.97 Å². The van der Waals surface area contributed by atoms with E-state index < -0.39 is 5.60 Å². The first kappa shape index (κ1) is 13.6. The first-order valence-corrected chi connectivity index (χ1v) is 6.21.